The SMILES string of the molecule is Cc1c(-c2ccc(N3CCc4cccc(C(=O)Nc5nc6ccccc6s5)c4C3)nc2C(=O)O)cnn1CC12CC3(OCCNC(=O)[C@H](CS(=O)(=O)O)NC(=O)OCc4ccc(NC(=O)[C@H](C)NC(=O)[C@@H](NC(=O)CCCCCN5C(=O)C=CC5=O)C(C)C)cc4)CC4(C)CC(C)(C1)C4(C2)C3. The lowest BCUT2D eigenvalue weighted by Gasteiger charge is -2.64. The second kappa shape index (κ2) is 28.2. The quantitative estimate of drug-likeness (QED) is 0.0126. The molecule has 0 saturated heterocycles. The van der Waals surface area contributed by atoms with Crippen molar-refractivity contribution in [2.75, 3.05) is 47.5 Å². The maximum atomic E-state index is 13.8. The van der Waals surface area contributed by atoms with Gasteiger partial charge in [0.1, 0.15) is 36.3 Å². The van der Waals surface area contributed by atoms with Gasteiger partial charge in [0.25, 0.3) is 27.8 Å². The molecule has 534 valence electrons. The van der Waals surface area contributed by atoms with E-state index >= 15 is 0 Å². The number of alkyl carbamates (subject to hydrolysis) is 1. The number of hydrogen-bond acceptors (Lipinski definition) is 18. The molecule has 12 rings (SSSR count). The minimum absolute atomic E-state index is 0.00479. The topological polar surface area (TPSA) is 369 Å². The minimum atomic E-state index is -4.80. The van der Waals surface area contributed by atoms with Crippen LogP contribution >= 0.6 is 11.3 Å². The molecule has 4 saturated carbocycles. The Morgan fingerprint density at radius 1 is 0.772 bits per heavy atom. The molecule has 8 atom stereocenters. The van der Waals surface area contributed by atoms with Gasteiger partial charge in [0.15, 0.2) is 10.8 Å². The van der Waals surface area contributed by atoms with E-state index in [0.29, 0.717) is 90.6 Å². The fourth-order valence-electron chi connectivity index (χ4n) is 17.3. The Bertz CT molecular complexity index is 4410. The van der Waals surface area contributed by atoms with Gasteiger partial charge in [-0.25, -0.2) is 19.6 Å². The number of aromatic nitrogens is 4. The Balaban J connectivity index is 0.618. The number of ether oxygens (including phenoxy) is 2. The molecule has 0 radical (unpaired) electrons. The summed E-state index contributed by atoms with van der Waals surface area (Å²) < 4.78 is 49.4. The van der Waals surface area contributed by atoms with Gasteiger partial charge in [-0.05, 0) is 158 Å². The Morgan fingerprint density at radius 3 is 2.26 bits per heavy atom. The Kier molecular flexibility index (Phi) is 19.9. The van der Waals surface area contributed by atoms with Crippen LogP contribution in [0.1, 0.15) is 142 Å². The predicted molar refractivity (Wildman–Crippen MR) is 374 cm³/mol. The van der Waals surface area contributed by atoms with Crippen molar-refractivity contribution in [3.05, 3.63) is 131 Å². The molecule has 4 aliphatic carbocycles. The molecule has 3 aromatic heterocycles. The molecule has 27 nitrogen and oxygen atoms in total. The summed E-state index contributed by atoms with van der Waals surface area (Å²) in [6.45, 7) is 13.0. The summed E-state index contributed by atoms with van der Waals surface area (Å²) >= 11 is 1.40. The highest BCUT2D eigenvalue weighted by Crippen LogP contribution is 2.89. The van der Waals surface area contributed by atoms with Crippen LogP contribution in [0.4, 0.5) is 21.4 Å². The summed E-state index contributed by atoms with van der Waals surface area (Å²) in [5.74, 6) is -5.58. The Hall–Kier alpha value is -9.45. The number of pyridine rings is 1. The van der Waals surface area contributed by atoms with Crippen LogP contribution in [0.15, 0.2) is 97.2 Å². The number of anilines is 3. The number of para-hydroxylation sites is 1. The number of carboxylic acid groups (broad SMARTS) is 1. The molecule has 2 aliphatic heterocycles. The summed E-state index contributed by atoms with van der Waals surface area (Å²) in [5.41, 5.74) is 4.90. The maximum Gasteiger partial charge on any atom is 0.408 e. The number of amides is 8. The van der Waals surface area contributed by atoms with Gasteiger partial charge >= 0.3 is 12.1 Å². The molecule has 6 aliphatic rings. The van der Waals surface area contributed by atoms with Crippen LogP contribution in [-0.4, -0.2) is 152 Å². The first-order valence-electron chi connectivity index (χ1n) is 34.1. The number of carboxylic acids is 1. The Morgan fingerprint density at radius 2 is 1.52 bits per heavy atom. The third kappa shape index (κ3) is 14.9. The van der Waals surface area contributed by atoms with Gasteiger partial charge in [0.2, 0.25) is 23.6 Å². The number of carbonyl (C=O) groups excluding carboxylic acids is 8. The van der Waals surface area contributed by atoms with Crippen molar-refractivity contribution >= 4 is 102 Å². The fraction of sp³-hybridized carbons (Fsp3) is 0.472. The first kappa shape index (κ1) is 71.4. The van der Waals surface area contributed by atoms with Gasteiger partial charge in [-0.2, -0.15) is 13.5 Å². The highest BCUT2D eigenvalue weighted by Gasteiger charge is 2.84. The van der Waals surface area contributed by atoms with Crippen LogP contribution in [0.5, 0.6) is 0 Å². The molecule has 3 bridgehead atoms. The first-order chi connectivity index (χ1) is 48.0. The summed E-state index contributed by atoms with van der Waals surface area (Å²) in [7, 11) is -4.80. The lowest BCUT2D eigenvalue weighted by atomic mass is 9.40. The van der Waals surface area contributed by atoms with Crippen LogP contribution in [0, 0.1) is 34.5 Å². The number of thiazole rings is 1. The zero-order valence-corrected chi connectivity index (χ0v) is 58.8. The van der Waals surface area contributed by atoms with Crippen molar-refractivity contribution in [3.8, 4) is 11.1 Å². The molecule has 8 N–H and O–H groups in total. The van der Waals surface area contributed by atoms with Crippen LogP contribution in [0.25, 0.3) is 21.3 Å². The number of nitrogens with zero attached hydrogens (tertiary/aromatic N) is 6. The lowest BCUT2D eigenvalue weighted by Crippen LogP contribution is -2.57. The van der Waals surface area contributed by atoms with E-state index in [9.17, 15) is 61.2 Å². The molecule has 6 aromatic rings. The second-order valence-corrected chi connectivity index (χ2v) is 31.5. The van der Waals surface area contributed by atoms with Gasteiger partial charge in [-0.1, -0.05) is 81.9 Å². The van der Waals surface area contributed by atoms with Gasteiger partial charge in [0.05, 0.1) is 28.6 Å². The summed E-state index contributed by atoms with van der Waals surface area (Å²) in [5, 5.41) is 32.2. The fourth-order valence-corrected chi connectivity index (χ4v) is 18.9. The van der Waals surface area contributed by atoms with Crippen LogP contribution in [0.2, 0.25) is 0 Å². The lowest BCUT2D eigenvalue weighted by molar-refractivity contribution is -0.158. The number of aromatic carboxylic acids is 1. The van der Waals surface area contributed by atoms with Crippen LogP contribution in [0.3, 0.4) is 0 Å². The molecule has 3 aromatic carbocycles. The standard InChI is InChI=1S/C72H84N12O15S2/c1-42(2)59(80-56(85)17-8-7-11-28-83-57(86)24-25-58(83)87)64(91)75-43(3)61(88)76-47-20-18-45(19-21-47)33-98-67(94)78-53(34-101(95,96)97)63(90)73-27-30-99-71-37-69(6)35-68(5)36-70(38-71,39-72(68,69)40-71)41-84-44(4)50(31-74-84)48-22-23-55(79-60(48)65(92)93)82-29-26-46-13-12-14-49(51(46)32-82)62(89)81-66-77-52-15-9-10-16-54(52)100-66/h9-10,12-16,18-25,31,42-43,53,59H,7-8,11,17,26-30,32-41H2,1-6H3,(H,73,90)(H,75,91)(H,76,88)(H,78,94)(H,80,85)(H,92,93)(H,77,81,89)(H,95,96,97)/t43-,53-,59-,68?,69?,70?,71?,72?/m0/s1. The summed E-state index contributed by atoms with van der Waals surface area (Å²) in [4.78, 5) is 129. The average Bonchev–Trinajstić information content (AvgIpc) is 1.46. The number of rotatable bonds is 29. The first-order valence-corrected chi connectivity index (χ1v) is 36.5. The van der Waals surface area contributed by atoms with Crippen molar-refractivity contribution in [2.45, 2.75) is 156 Å². The van der Waals surface area contributed by atoms with E-state index in [4.69, 9.17) is 19.6 Å². The number of carbonyl (C=O) groups is 9. The molecule has 101 heavy (non-hydrogen) atoms. The number of nitrogens with one attached hydrogen (secondary N) is 6. The zero-order valence-electron chi connectivity index (χ0n) is 57.2. The van der Waals surface area contributed by atoms with E-state index in [1.807, 2.05) is 59.0 Å². The van der Waals surface area contributed by atoms with E-state index in [2.05, 4.69) is 50.7 Å². The maximum absolute atomic E-state index is 13.8. The van der Waals surface area contributed by atoms with E-state index in [0.717, 1.165) is 64.0 Å². The second-order valence-electron chi connectivity index (χ2n) is 29.0. The largest absolute Gasteiger partial charge is 0.476 e. The Labute approximate surface area is 588 Å². The van der Waals surface area contributed by atoms with Crippen LogP contribution < -0.4 is 36.8 Å². The summed E-state index contributed by atoms with van der Waals surface area (Å²) in [6.07, 6.45) is 10.5. The molecule has 4 fully saturated rings. The van der Waals surface area contributed by atoms with Gasteiger partial charge in [-0.15, -0.1) is 0 Å². The predicted octanol–water partition coefficient (Wildman–Crippen LogP) is 7.88. The number of benzene rings is 3. The minimum Gasteiger partial charge on any atom is -0.476 e. The van der Waals surface area contributed by atoms with Crippen molar-refractivity contribution in [3.63, 3.8) is 0 Å². The molecule has 5 unspecified atom stereocenters. The van der Waals surface area contributed by atoms with E-state index in [-0.39, 0.29) is 89.6 Å². The molecule has 29 heteroatoms. The normalized spacial score (nSPS) is 23.2. The van der Waals surface area contributed by atoms with E-state index in [1.54, 1.807) is 44.3 Å². The number of unbranched alkanes of at least 4 members (excludes halogenated alkanes) is 2. The van der Waals surface area contributed by atoms with Gasteiger partial charge in [0, 0.05) is 79.4 Å². The summed E-state index contributed by atoms with van der Waals surface area (Å²) in [6, 6.07) is 19.4. The monoisotopic (exact) mass is 1420 g/mol. The number of hydrogen-bond donors (Lipinski definition) is 8. The van der Waals surface area contributed by atoms with Crippen molar-refractivity contribution < 1.29 is 70.7 Å². The average molecular weight is 1420 g/mol. The molecule has 8 amide bonds. The third-order valence-corrected chi connectivity index (χ3v) is 23.2. The van der Waals surface area contributed by atoms with Gasteiger partial charge in [-0.3, -0.25) is 53.0 Å². The van der Waals surface area contributed by atoms with Crippen LogP contribution in [-0.2, 0) is 74.5 Å². The highest BCUT2D eigenvalue weighted by atomic mass is 32.2. The number of fused-ring (bicyclic) bond motifs is 4. The molecule has 1 spiro atoms. The molecular weight excluding hydrogens is 1340 g/mol. The van der Waals surface area contributed by atoms with E-state index in [1.165, 1.54) is 42.5 Å². The van der Waals surface area contributed by atoms with Crippen molar-refractivity contribution in [1.82, 2.24) is 45.9 Å². The van der Waals surface area contributed by atoms with Gasteiger partial charge < -0.3 is 46.1 Å². The molecular formula is C72H84N12O15S2. The smallest absolute Gasteiger partial charge is 0.408 e. The van der Waals surface area contributed by atoms with Crippen molar-refractivity contribution in [2.24, 2.45) is 27.6 Å². The van der Waals surface area contributed by atoms with E-state index < -0.39 is 69.4 Å². The molecule has 5 heterocycles. The third-order valence-electron chi connectivity index (χ3n) is 21.5. The number of imide groups is 1. The zero-order chi connectivity index (χ0) is 72.0. The highest BCUT2D eigenvalue weighted by molar-refractivity contribution is 7.85. The van der Waals surface area contributed by atoms with Crippen molar-refractivity contribution in [1.29, 1.82) is 0 Å².